The van der Waals surface area contributed by atoms with Gasteiger partial charge in [-0.05, 0) is 45.3 Å². The van der Waals surface area contributed by atoms with E-state index in [2.05, 4.69) is 66.4 Å². The van der Waals surface area contributed by atoms with Crippen molar-refractivity contribution in [2.24, 2.45) is 0 Å². The quantitative estimate of drug-likeness (QED) is 0.851. The van der Waals surface area contributed by atoms with Crippen LogP contribution in [0.15, 0.2) is 48.5 Å². The van der Waals surface area contributed by atoms with E-state index in [1.54, 1.807) is 0 Å². The molecule has 2 aromatic rings. The highest BCUT2D eigenvalue weighted by molar-refractivity contribution is 5.72. The monoisotopic (exact) mass is 282 g/mol. The van der Waals surface area contributed by atoms with Gasteiger partial charge in [0.25, 0.3) is 0 Å². The fourth-order valence-corrected chi connectivity index (χ4v) is 2.77. The third-order valence-corrected chi connectivity index (χ3v) is 3.81. The molecular formula is C18H22N2O. The lowest BCUT2D eigenvalue weighted by Crippen LogP contribution is -2.23. The van der Waals surface area contributed by atoms with Crippen LogP contribution in [0.1, 0.15) is 12.0 Å². The summed E-state index contributed by atoms with van der Waals surface area (Å²) in [5, 5.41) is 0. The van der Waals surface area contributed by atoms with Crippen LogP contribution < -0.4 is 9.64 Å². The maximum absolute atomic E-state index is 5.98. The molecule has 0 atom stereocenters. The number of rotatable bonds is 4. The molecule has 0 amide bonds. The summed E-state index contributed by atoms with van der Waals surface area (Å²) in [5.41, 5.74) is 3.68. The van der Waals surface area contributed by atoms with Crippen molar-refractivity contribution in [3.8, 4) is 5.75 Å². The van der Waals surface area contributed by atoms with E-state index in [1.165, 1.54) is 16.9 Å². The molecule has 0 spiro atoms. The Kier molecular flexibility index (Phi) is 4.11. The van der Waals surface area contributed by atoms with E-state index in [1.807, 2.05) is 6.07 Å². The molecule has 0 bridgehead atoms. The normalized spacial score (nSPS) is 13.4. The molecule has 0 fully saturated rings. The van der Waals surface area contributed by atoms with E-state index in [9.17, 15) is 0 Å². The van der Waals surface area contributed by atoms with E-state index < -0.39 is 0 Å². The molecule has 2 aromatic carbocycles. The van der Waals surface area contributed by atoms with Crippen molar-refractivity contribution in [2.75, 3.05) is 32.1 Å². The second kappa shape index (κ2) is 6.19. The number of ether oxygens (including phenoxy) is 1. The van der Waals surface area contributed by atoms with E-state index in [0.29, 0.717) is 6.61 Å². The Hall–Kier alpha value is -2.00. The molecule has 3 rings (SSSR count). The first-order chi connectivity index (χ1) is 10.3. The summed E-state index contributed by atoms with van der Waals surface area (Å²) in [5.74, 6) is 0.971. The fraction of sp³-hybridized carbons (Fsp3) is 0.333. The smallest absolute Gasteiger partial charge is 0.143 e. The molecule has 3 heteroatoms. The first-order valence-electron chi connectivity index (χ1n) is 7.48. The molecule has 0 aromatic heterocycles. The van der Waals surface area contributed by atoms with Gasteiger partial charge < -0.3 is 14.5 Å². The van der Waals surface area contributed by atoms with Gasteiger partial charge in [0.2, 0.25) is 0 Å². The average Bonchev–Trinajstić information content (AvgIpc) is 2.65. The summed E-state index contributed by atoms with van der Waals surface area (Å²) in [6.07, 6.45) is 1.12. The lowest BCUT2D eigenvalue weighted by atomic mass is 10.1. The third kappa shape index (κ3) is 3.03. The standard InChI is InChI=1S/C18H22N2O/c1-19(2)12-7-13-20-16-9-4-3-8-15(16)14-21-18-11-6-5-10-17(18)20/h3-6,8-11H,7,12-14H2,1-2H3. The number of benzene rings is 2. The lowest BCUT2D eigenvalue weighted by molar-refractivity contribution is 0.310. The number of hydrogen-bond donors (Lipinski definition) is 0. The van der Waals surface area contributed by atoms with Crippen LogP contribution in [0.4, 0.5) is 11.4 Å². The molecule has 0 saturated heterocycles. The minimum absolute atomic E-state index is 0.636. The van der Waals surface area contributed by atoms with Crippen molar-refractivity contribution in [2.45, 2.75) is 13.0 Å². The van der Waals surface area contributed by atoms with Crippen molar-refractivity contribution in [3.63, 3.8) is 0 Å². The molecular weight excluding hydrogens is 260 g/mol. The Labute approximate surface area is 126 Å². The topological polar surface area (TPSA) is 15.7 Å². The Morgan fingerprint density at radius 1 is 1.00 bits per heavy atom. The Morgan fingerprint density at radius 3 is 2.52 bits per heavy atom. The highest BCUT2D eigenvalue weighted by Gasteiger charge is 2.20. The maximum atomic E-state index is 5.98. The van der Waals surface area contributed by atoms with Crippen LogP contribution >= 0.6 is 0 Å². The zero-order valence-electron chi connectivity index (χ0n) is 12.7. The summed E-state index contributed by atoms with van der Waals surface area (Å²) in [6, 6.07) is 16.8. The molecule has 1 aliphatic heterocycles. The predicted molar refractivity (Wildman–Crippen MR) is 87.4 cm³/mol. The van der Waals surface area contributed by atoms with Gasteiger partial charge in [0, 0.05) is 17.8 Å². The van der Waals surface area contributed by atoms with Crippen LogP contribution in [0.2, 0.25) is 0 Å². The number of anilines is 2. The summed E-state index contributed by atoms with van der Waals surface area (Å²) < 4.78 is 5.98. The maximum Gasteiger partial charge on any atom is 0.143 e. The van der Waals surface area contributed by atoms with Crippen molar-refractivity contribution in [1.82, 2.24) is 4.90 Å². The molecule has 0 aliphatic carbocycles. The van der Waals surface area contributed by atoms with Crippen molar-refractivity contribution in [1.29, 1.82) is 0 Å². The van der Waals surface area contributed by atoms with Gasteiger partial charge in [0.05, 0.1) is 5.69 Å². The van der Waals surface area contributed by atoms with Crippen LogP contribution in [0.3, 0.4) is 0 Å². The van der Waals surface area contributed by atoms with E-state index in [0.717, 1.165) is 25.3 Å². The molecule has 1 heterocycles. The first-order valence-corrected chi connectivity index (χ1v) is 7.48. The van der Waals surface area contributed by atoms with E-state index in [4.69, 9.17) is 4.74 Å². The second-order valence-corrected chi connectivity index (χ2v) is 5.69. The Bertz CT molecular complexity index is 562. The molecule has 1 aliphatic rings. The van der Waals surface area contributed by atoms with Gasteiger partial charge >= 0.3 is 0 Å². The molecule has 0 radical (unpaired) electrons. The van der Waals surface area contributed by atoms with Gasteiger partial charge in [-0.3, -0.25) is 0 Å². The number of fused-ring (bicyclic) bond motifs is 2. The zero-order valence-corrected chi connectivity index (χ0v) is 12.7. The van der Waals surface area contributed by atoms with Crippen LogP contribution in [-0.2, 0) is 6.61 Å². The average molecular weight is 282 g/mol. The largest absolute Gasteiger partial charge is 0.487 e. The summed E-state index contributed by atoms with van der Waals surface area (Å²) in [7, 11) is 4.24. The Balaban J connectivity index is 1.95. The first kappa shape index (κ1) is 14.0. The number of hydrogen-bond acceptors (Lipinski definition) is 3. The number of nitrogens with zero attached hydrogens (tertiary/aromatic N) is 2. The molecule has 0 N–H and O–H groups in total. The summed E-state index contributed by atoms with van der Waals surface area (Å²) in [4.78, 5) is 4.62. The molecule has 21 heavy (non-hydrogen) atoms. The minimum Gasteiger partial charge on any atom is -0.487 e. The van der Waals surface area contributed by atoms with Gasteiger partial charge in [-0.25, -0.2) is 0 Å². The summed E-state index contributed by atoms with van der Waals surface area (Å²) >= 11 is 0. The van der Waals surface area contributed by atoms with Crippen molar-refractivity contribution in [3.05, 3.63) is 54.1 Å². The van der Waals surface area contributed by atoms with Gasteiger partial charge in [-0.1, -0.05) is 30.3 Å². The molecule has 0 saturated carbocycles. The highest BCUT2D eigenvalue weighted by Crippen LogP contribution is 2.39. The number of para-hydroxylation sites is 3. The van der Waals surface area contributed by atoms with Crippen LogP contribution in [0.5, 0.6) is 5.75 Å². The lowest BCUT2D eigenvalue weighted by Gasteiger charge is -2.26. The predicted octanol–water partition coefficient (Wildman–Crippen LogP) is 3.67. The third-order valence-electron chi connectivity index (χ3n) is 3.81. The van der Waals surface area contributed by atoms with Gasteiger partial charge in [0.1, 0.15) is 12.4 Å². The summed E-state index contributed by atoms with van der Waals surface area (Å²) in [6.45, 7) is 2.72. The molecule has 0 unspecified atom stereocenters. The van der Waals surface area contributed by atoms with Crippen molar-refractivity contribution >= 4 is 11.4 Å². The fourth-order valence-electron chi connectivity index (χ4n) is 2.77. The van der Waals surface area contributed by atoms with Crippen LogP contribution in [0, 0.1) is 0 Å². The van der Waals surface area contributed by atoms with Crippen LogP contribution in [-0.4, -0.2) is 32.1 Å². The Morgan fingerprint density at radius 2 is 1.71 bits per heavy atom. The van der Waals surface area contributed by atoms with Gasteiger partial charge in [0.15, 0.2) is 0 Å². The second-order valence-electron chi connectivity index (χ2n) is 5.69. The van der Waals surface area contributed by atoms with Crippen molar-refractivity contribution < 1.29 is 4.74 Å². The van der Waals surface area contributed by atoms with Crippen LogP contribution in [0.25, 0.3) is 0 Å². The van der Waals surface area contributed by atoms with E-state index in [-0.39, 0.29) is 0 Å². The SMILES string of the molecule is CN(C)CCCN1c2ccccc2COc2ccccc21. The molecule has 3 nitrogen and oxygen atoms in total. The minimum atomic E-state index is 0.636. The van der Waals surface area contributed by atoms with Gasteiger partial charge in [-0.2, -0.15) is 0 Å². The zero-order chi connectivity index (χ0) is 14.7. The van der Waals surface area contributed by atoms with Gasteiger partial charge in [-0.15, -0.1) is 0 Å². The van der Waals surface area contributed by atoms with E-state index >= 15 is 0 Å². The molecule has 110 valence electrons. The highest BCUT2D eigenvalue weighted by atomic mass is 16.5.